The third kappa shape index (κ3) is 6.08. The Morgan fingerprint density at radius 2 is 1.31 bits per heavy atom. The van der Waals surface area contributed by atoms with E-state index in [1.165, 1.54) is 14.2 Å². The van der Waals surface area contributed by atoms with E-state index in [2.05, 4.69) is 74.7 Å². The zero-order chi connectivity index (χ0) is 27.9. The van der Waals surface area contributed by atoms with Crippen LogP contribution in [0.5, 0.6) is 0 Å². The minimum absolute atomic E-state index is 0.0409. The molecule has 0 aromatic rings. The quantitative estimate of drug-likeness (QED) is 0.190. The van der Waals surface area contributed by atoms with Crippen molar-refractivity contribution >= 4 is 28.6 Å². The summed E-state index contributed by atoms with van der Waals surface area (Å²) in [5, 5.41) is 0.0843. The first kappa shape index (κ1) is 31.0. The average Bonchev–Trinajstić information content (AvgIpc) is 3.06. The molecule has 206 valence electrons. The highest BCUT2D eigenvalue weighted by molar-refractivity contribution is 6.74. The summed E-state index contributed by atoms with van der Waals surface area (Å²) < 4.78 is 24.4. The monoisotopic (exact) mass is 538 g/mol. The molecule has 0 radical (unpaired) electrons. The summed E-state index contributed by atoms with van der Waals surface area (Å²) in [4.78, 5) is 26.1. The zero-order valence-electron chi connectivity index (χ0n) is 25.0. The highest BCUT2D eigenvalue weighted by Crippen LogP contribution is 2.51. The Morgan fingerprint density at radius 1 is 0.833 bits per heavy atom. The molecule has 0 heterocycles. The van der Waals surface area contributed by atoms with Gasteiger partial charge in [-0.3, -0.25) is 0 Å². The maximum atomic E-state index is 13.1. The third-order valence-corrected chi connectivity index (χ3v) is 17.8. The van der Waals surface area contributed by atoms with Gasteiger partial charge >= 0.3 is 11.9 Å². The molecule has 0 amide bonds. The molecule has 0 saturated heterocycles. The number of carbonyl (C=O) groups excluding carboxylic acids is 2. The van der Waals surface area contributed by atoms with Gasteiger partial charge in [-0.2, -0.15) is 0 Å². The van der Waals surface area contributed by atoms with Gasteiger partial charge in [0, 0.05) is 18.8 Å². The molecule has 0 aliphatic heterocycles. The van der Waals surface area contributed by atoms with Gasteiger partial charge in [0.15, 0.2) is 16.6 Å². The number of hydrogen-bond acceptors (Lipinski definition) is 6. The van der Waals surface area contributed by atoms with E-state index >= 15 is 0 Å². The minimum Gasteiger partial charge on any atom is -0.466 e. The molecule has 0 spiro atoms. The second-order valence-electron chi connectivity index (χ2n) is 13.3. The van der Waals surface area contributed by atoms with Crippen molar-refractivity contribution in [2.45, 2.75) is 123 Å². The van der Waals surface area contributed by atoms with Crippen molar-refractivity contribution in [3.63, 3.8) is 0 Å². The second-order valence-corrected chi connectivity index (χ2v) is 22.9. The number of methoxy groups -OCH3 is 2. The Bertz CT molecular complexity index is 917. The lowest BCUT2D eigenvalue weighted by Gasteiger charge is -2.41. The van der Waals surface area contributed by atoms with E-state index in [4.69, 9.17) is 18.3 Å². The van der Waals surface area contributed by atoms with Crippen LogP contribution in [0.2, 0.25) is 36.3 Å². The largest absolute Gasteiger partial charge is 0.466 e. The molecule has 0 bridgehead atoms. The standard InChI is InChI=1S/C28H50O6Si2/c1-14-15-18-23-19(16-20(25(29)31-8)24(18)26(30)32-9)21(33-35(10,11)27(2,3)4)17-22(23)34-36(12,13)28(5,6)7/h18,21-22H,14-17H2,1-13H3/t18-,21-,22+/m0/s1. The molecule has 0 N–H and O–H groups in total. The maximum absolute atomic E-state index is 13.1. The van der Waals surface area contributed by atoms with Crippen LogP contribution in [0.15, 0.2) is 22.3 Å². The van der Waals surface area contributed by atoms with Gasteiger partial charge in [0.2, 0.25) is 0 Å². The lowest BCUT2D eigenvalue weighted by molar-refractivity contribution is -0.140. The molecular weight excluding hydrogens is 488 g/mol. The summed E-state index contributed by atoms with van der Waals surface area (Å²) in [6.45, 7) is 24.6. The summed E-state index contributed by atoms with van der Waals surface area (Å²) in [7, 11) is -1.51. The SMILES string of the molecule is CCC[C@@H]1C(C(=O)OC)=C(C(=O)OC)CC2=C1[C@H](O[Si](C)(C)C(C)(C)C)C[C@@H]2O[Si](C)(C)C(C)(C)C. The van der Waals surface area contributed by atoms with Gasteiger partial charge < -0.3 is 18.3 Å². The first-order chi connectivity index (χ1) is 16.3. The topological polar surface area (TPSA) is 71.1 Å². The predicted molar refractivity (Wildman–Crippen MR) is 150 cm³/mol. The van der Waals surface area contributed by atoms with Crippen LogP contribution >= 0.6 is 0 Å². The van der Waals surface area contributed by atoms with Crippen LogP contribution in [0, 0.1) is 5.92 Å². The Balaban J connectivity index is 2.72. The van der Waals surface area contributed by atoms with E-state index in [1.54, 1.807) is 0 Å². The first-order valence-electron chi connectivity index (χ1n) is 13.3. The van der Waals surface area contributed by atoms with Crippen LogP contribution in [0.1, 0.15) is 74.1 Å². The number of carbonyl (C=O) groups is 2. The van der Waals surface area contributed by atoms with Crippen molar-refractivity contribution in [2.24, 2.45) is 5.92 Å². The molecule has 0 aromatic heterocycles. The molecule has 6 nitrogen and oxygen atoms in total. The second kappa shape index (κ2) is 10.9. The first-order valence-corrected chi connectivity index (χ1v) is 19.1. The van der Waals surface area contributed by atoms with Gasteiger partial charge in [-0.05, 0) is 53.8 Å². The van der Waals surface area contributed by atoms with E-state index in [1.807, 2.05) is 0 Å². The van der Waals surface area contributed by atoms with E-state index in [0.29, 0.717) is 24.0 Å². The van der Waals surface area contributed by atoms with Crippen LogP contribution in [0.25, 0.3) is 0 Å². The molecule has 3 atom stereocenters. The number of rotatable bonds is 8. The Morgan fingerprint density at radius 3 is 1.72 bits per heavy atom. The summed E-state index contributed by atoms with van der Waals surface area (Å²) >= 11 is 0. The number of hydrogen-bond donors (Lipinski definition) is 0. The number of esters is 2. The van der Waals surface area contributed by atoms with Crippen molar-refractivity contribution in [3.05, 3.63) is 22.3 Å². The zero-order valence-corrected chi connectivity index (χ0v) is 27.0. The Hall–Kier alpha value is -1.23. The van der Waals surface area contributed by atoms with Crippen molar-refractivity contribution in [2.75, 3.05) is 14.2 Å². The third-order valence-electron chi connectivity index (χ3n) is 8.85. The van der Waals surface area contributed by atoms with Crippen LogP contribution < -0.4 is 0 Å². The summed E-state index contributed by atoms with van der Waals surface area (Å²) in [5.41, 5.74) is 3.08. The highest BCUT2D eigenvalue weighted by atomic mass is 28.4. The molecule has 0 aromatic carbocycles. The van der Waals surface area contributed by atoms with E-state index in [0.717, 1.165) is 24.0 Å². The summed E-state index contributed by atoms with van der Waals surface area (Å²) in [6, 6.07) is 0. The minimum atomic E-state index is -2.13. The maximum Gasteiger partial charge on any atom is 0.334 e. The normalized spacial score (nSPS) is 23.6. The van der Waals surface area contributed by atoms with Gasteiger partial charge in [0.05, 0.1) is 37.6 Å². The molecule has 0 saturated carbocycles. The molecule has 8 heteroatoms. The molecule has 2 aliphatic carbocycles. The van der Waals surface area contributed by atoms with Crippen molar-refractivity contribution in [1.82, 2.24) is 0 Å². The fraction of sp³-hybridized carbons (Fsp3) is 0.786. The van der Waals surface area contributed by atoms with E-state index < -0.39 is 28.6 Å². The molecule has 0 fully saturated rings. The highest BCUT2D eigenvalue weighted by Gasteiger charge is 2.51. The van der Waals surface area contributed by atoms with Gasteiger partial charge in [-0.25, -0.2) is 9.59 Å². The van der Waals surface area contributed by atoms with Crippen LogP contribution in [0.3, 0.4) is 0 Å². The Kier molecular flexibility index (Phi) is 9.36. The molecule has 2 aliphatic rings. The molecule has 36 heavy (non-hydrogen) atoms. The summed E-state index contributed by atoms with van der Waals surface area (Å²) in [6.07, 6.45) is 2.35. The average molecular weight is 539 g/mol. The van der Waals surface area contributed by atoms with E-state index in [-0.39, 0.29) is 28.2 Å². The number of ether oxygens (including phenoxy) is 2. The molecule has 0 unspecified atom stereocenters. The van der Waals surface area contributed by atoms with Gasteiger partial charge in [-0.1, -0.05) is 54.9 Å². The predicted octanol–water partition coefficient (Wildman–Crippen LogP) is 6.93. The van der Waals surface area contributed by atoms with Crippen molar-refractivity contribution < 1.29 is 27.9 Å². The van der Waals surface area contributed by atoms with E-state index in [9.17, 15) is 9.59 Å². The van der Waals surface area contributed by atoms with Crippen LogP contribution in [0.4, 0.5) is 0 Å². The van der Waals surface area contributed by atoms with Gasteiger partial charge in [-0.15, -0.1) is 0 Å². The fourth-order valence-corrected chi connectivity index (χ4v) is 7.33. The summed E-state index contributed by atoms with van der Waals surface area (Å²) in [5.74, 6) is -1.17. The molecule has 2 rings (SSSR count). The van der Waals surface area contributed by atoms with Crippen molar-refractivity contribution in [3.8, 4) is 0 Å². The van der Waals surface area contributed by atoms with Gasteiger partial charge in [0.25, 0.3) is 0 Å². The Labute approximate surface area is 221 Å². The van der Waals surface area contributed by atoms with Crippen LogP contribution in [-0.4, -0.2) is 55.0 Å². The lowest BCUT2D eigenvalue weighted by Crippen LogP contribution is -2.46. The van der Waals surface area contributed by atoms with Crippen LogP contribution in [-0.2, 0) is 27.9 Å². The molecular formula is C28H50O6Si2. The lowest BCUT2D eigenvalue weighted by atomic mass is 9.76. The van der Waals surface area contributed by atoms with Crippen molar-refractivity contribution in [1.29, 1.82) is 0 Å². The van der Waals surface area contributed by atoms with Gasteiger partial charge in [0.1, 0.15) is 0 Å². The smallest absolute Gasteiger partial charge is 0.334 e. The fourth-order valence-electron chi connectivity index (χ4n) is 4.74.